The van der Waals surface area contributed by atoms with Gasteiger partial charge >= 0.3 is 0 Å². The Kier molecular flexibility index (Phi) is 6.19. The normalized spacial score (nSPS) is 9.92. The van der Waals surface area contributed by atoms with E-state index in [0.29, 0.717) is 22.8 Å². The second-order valence-corrected chi connectivity index (χ2v) is 5.55. The molecular weight excluding hydrogens is 340 g/mol. The second-order valence-electron chi connectivity index (χ2n) is 5.14. The molecule has 0 bridgehead atoms. The fraction of sp³-hybridized carbons (Fsp3) is 0.222. The van der Waals surface area contributed by atoms with Crippen LogP contribution in [-0.4, -0.2) is 32.3 Å². The van der Waals surface area contributed by atoms with Gasteiger partial charge in [0.25, 0.3) is 5.91 Å². The molecule has 0 aliphatic rings. The third kappa shape index (κ3) is 4.39. The highest BCUT2D eigenvalue weighted by Gasteiger charge is 2.17. The zero-order chi connectivity index (χ0) is 18.4. The number of aryl methyl sites for hydroxylation is 1. The van der Waals surface area contributed by atoms with Gasteiger partial charge in [-0.05, 0) is 42.9 Å². The minimum atomic E-state index is -0.384. The first kappa shape index (κ1) is 18.5. The predicted octanol–water partition coefficient (Wildman–Crippen LogP) is 3.15. The molecule has 0 spiro atoms. The molecule has 0 heterocycles. The van der Waals surface area contributed by atoms with Gasteiger partial charge in [0.1, 0.15) is 0 Å². The van der Waals surface area contributed by atoms with Crippen molar-refractivity contribution in [3.8, 4) is 17.2 Å². The fourth-order valence-corrected chi connectivity index (χ4v) is 2.46. The Labute approximate surface area is 152 Å². The van der Waals surface area contributed by atoms with Crippen LogP contribution in [0.5, 0.6) is 17.2 Å². The van der Waals surface area contributed by atoms with Gasteiger partial charge in [-0.3, -0.25) is 10.1 Å². The Hall–Kier alpha value is -2.80. The molecule has 2 N–H and O–H groups in total. The van der Waals surface area contributed by atoms with Crippen LogP contribution in [0.4, 0.5) is 5.69 Å². The molecule has 0 aromatic heterocycles. The van der Waals surface area contributed by atoms with E-state index in [-0.39, 0.29) is 11.0 Å². The molecule has 1 amide bonds. The molecule has 132 valence electrons. The van der Waals surface area contributed by atoms with Gasteiger partial charge in [0.05, 0.1) is 21.3 Å². The van der Waals surface area contributed by atoms with Gasteiger partial charge in [-0.2, -0.15) is 0 Å². The van der Waals surface area contributed by atoms with Crippen LogP contribution in [0.15, 0.2) is 36.4 Å². The van der Waals surface area contributed by atoms with E-state index in [2.05, 4.69) is 10.6 Å². The standard InChI is InChI=1S/C18H20N2O4S/c1-11-7-5-6-8-13(11)19-18(25)20-17(21)12-9-14(22-2)16(24-4)15(10-12)23-3/h5-10H,1-4H3,(H2,19,20,21,25). The Morgan fingerprint density at radius 1 is 1.00 bits per heavy atom. The summed E-state index contributed by atoms with van der Waals surface area (Å²) in [4.78, 5) is 12.5. The van der Waals surface area contributed by atoms with Crippen LogP contribution in [-0.2, 0) is 0 Å². The van der Waals surface area contributed by atoms with Crippen LogP contribution >= 0.6 is 12.2 Å². The quantitative estimate of drug-likeness (QED) is 0.799. The molecule has 0 unspecified atom stereocenters. The number of hydrogen-bond donors (Lipinski definition) is 2. The van der Waals surface area contributed by atoms with Crippen molar-refractivity contribution in [2.24, 2.45) is 0 Å². The van der Waals surface area contributed by atoms with Crippen molar-refractivity contribution in [3.05, 3.63) is 47.5 Å². The largest absolute Gasteiger partial charge is 0.493 e. The van der Waals surface area contributed by atoms with Crippen LogP contribution in [0.3, 0.4) is 0 Å². The number of hydrogen-bond acceptors (Lipinski definition) is 5. The number of rotatable bonds is 5. The first-order valence-electron chi connectivity index (χ1n) is 7.48. The third-order valence-corrected chi connectivity index (χ3v) is 3.75. The third-order valence-electron chi connectivity index (χ3n) is 3.55. The van der Waals surface area contributed by atoms with Crippen LogP contribution in [0, 0.1) is 6.92 Å². The molecule has 7 heteroatoms. The number of nitrogens with one attached hydrogen (secondary N) is 2. The van der Waals surface area contributed by atoms with E-state index in [1.54, 1.807) is 12.1 Å². The molecule has 6 nitrogen and oxygen atoms in total. The number of ether oxygens (including phenoxy) is 3. The van der Waals surface area contributed by atoms with Crippen molar-refractivity contribution >= 4 is 28.9 Å². The average molecular weight is 360 g/mol. The van der Waals surface area contributed by atoms with Crippen molar-refractivity contribution < 1.29 is 19.0 Å². The molecule has 0 atom stereocenters. The highest BCUT2D eigenvalue weighted by Crippen LogP contribution is 2.38. The van der Waals surface area contributed by atoms with Crippen molar-refractivity contribution in [1.82, 2.24) is 5.32 Å². The average Bonchev–Trinajstić information content (AvgIpc) is 2.62. The van der Waals surface area contributed by atoms with E-state index in [9.17, 15) is 4.79 Å². The summed E-state index contributed by atoms with van der Waals surface area (Å²) in [6, 6.07) is 10.8. The molecule has 2 aromatic rings. The number of anilines is 1. The molecule has 0 radical (unpaired) electrons. The first-order chi connectivity index (χ1) is 12.0. The molecular formula is C18H20N2O4S. The minimum absolute atomic E-state index is 0.202. The number of amides is 1. The first-order valence-corrected chi connectivity index (χ1v) is 7.89. The Balaban J connectivity index is 2.17. The zero-order valence-electron chi connectivity index (χ0n) is 14.5. The van der Waals surface area contributed by atoms with Crippen LogP contribution < -0.4 is 24.8 Å². The van der Waals surface area contributed by atoms with Crippen LogP contribution in [0.25, 0.3) is 0 Å². The summed E-state index contributed by atoms with van der Waals surface area (Å²) < 4.78 is 15.8. The van der Waals surface area contributed by atoms with E-state index in [1.807, 2.05) is 31.2 Å². The number of benzene rings is 2. The van der Waals surface area contributed by atoms with Crippen LogP contribution in [0.2, 0.25) is 0 Å². The van der Waals surface area contributed by atoms with E-state index < -0.39 is 0 Å². The number of para-hydroxylation sites is 1. The molecule has 0 aliphatic carbocycles. The fourth-order valence-electron chi connectivity index (χ4n) is 2.25. The number of methoxy groups -OCH3 is 3. The number of carbonyl (C=O) groups is 1. The lowest BCUT2D eigenvalue weighted by Gasteiger charge is -2.15. The summed E-state index contributed by atoms with van der Waals surface area (Å²) >= 11 is 5.21. The monoisotopic (exact) mass is 360 g/mol. The Bertz CT molecular complexity index is 767. The van der Waals surface area contributed by atoms with Gasteiger partial charge in [0.15, 0.2) is 16.6 Å². The summed E-state index contributed by atoms with van der Waals surface area (Å²) in [6.45, 7) is 1.95. The lowest BCUT2D eigenvalue weighted by Crippen LogP contribution is -2.34. The van der Waals surface area contributed by atoms with Gasteiger partial charge in [-0.15, -0.1) is 0 Å². The van der Waals surface area contributed by atoms with E-state index in [1.165, 1.54) is 21.3 Å². The lowest BCUT2D eigenvalue weighted by atomic mass is 10.1. The zero-order valence-corrected chi connectivity index (χ0v) is 15.3. The molecule has 0 aliphatic heterocycles. The number of thiocarbonyl (C=S) groups is 1. The molecule has 2 rings (SSSR count). The van der Waals surface area contributed by atoms with E-state index in [0.717, 1.165) is 11.3 Å². The van der Waals surface area contributed by atoms with Gasteiger partial charge in [0, 0.05) is 11.3 Å². The summed E-state index contributed by atoms with van der Waals surface area (Å²) in [7, 11) is 4.48. The van der Waals surface area contributed by atoms with Gasteiger partial charge in [-0.25, -0.2) is 0 Å². The summed E-state index contributed by atoms with van der Waals surface area (Å²) in [6.07, 6.45) is 0. The van der Waals surface area contributed by atoms with E-state index in [4.69, 9.17) is 26.4 Å². The van der Waals surface area contributed by atoms with Crippen LogP contribution in [0.1, 0.15) is 15.9 Å². The molecule has 2 aromatic carbocycles. The highest BCUT2D eigenvalue weighted by atomic mass is 32.1. The van der Waals surface area contributed by atoms with Gasteiger partial charge < -0.3 is 19.5 Å². The predicted molar refractivity (Wildman–Crippen MR) is 101 cm³/mol. The second kappa shape index (κ2) is 8.34. The summed E-state index contributed by atoms with van der Waals surface area (Å²) in [5, 5.41) is 5.85. The minimum Gasteiger partial charge on any atom is -0.493 e. The smallest absolute Gasteiger partial charge is 0.257 e. The Morgan fingerprint density at radius 3 is 2.12 bits per heavy atom. The molecule has 0 fully saturated rings. The SMILES string of the molecule is COc1cc(C(=O)NC(=S)Nc2ccccc2C)cc(OC)c1OC. The van der Waals surface area contributed by atoms with Crippen molar-refractivity contribution in [2.75, 3.05) is 26.6 Å². The van der Waals surface area contributed by atoms with Crippen molar-refractivity contribution in [1.29, 1.82) is 0 Å². The van der Waals surface area contributed by atoms with Gasteiger partial charge in [-0.1, -0.05) is 18.2 Å². The topological polar surface area (TPSA) is 68.8 Å². The van der Waals surface area contributed by atoms with Gasteiger partial charge in [0.2, 0.25) is 5.75 Å². The molecule has 0 saturated carbocycles. The molecule has 0 saturated heterocycles. The Morgan fingerprint density at radius 2 is 1.60 bits per heavy atom. The summed E-state index contributed by atoms with van der Waals surface area (Å²) in [5.41, 5.74) is 2.19. The van der Waals surface area contributed by atoms with E-state index >= 15 is 0 Å². The summed E-state index contributed by atoms with van der Waals surface area (Å²) in [5.74, 6) is 0.821. The molecule has 25 heavy (non-hydrogen) atoms. The maximum Gasteiger partial charge on any atom is 0.257 e. The van der Waals surface area contributed by atoms with Crippen molar-refractivity contribution in [2.45, 2.75) is 6.92 Å². The number of carbonyl (C=O) groups excluding carboxylic acids is 1. The highest BCUT2D eigenvalue weighted by molar-refractivity contribution is 7.80. The maximum atomic E-state index is 12.5. The lowest BCUT2D eigenvalue weighted by molar-refractivity contribution is 0.0977. The van der Waals surface area contributed by atoms with Crippen molar-refractivity contribution in [3.63, 3.8) is 0 Å². The maximum absolute atomic E-state index is 12.5.